The van der Waals surface area contributed by atoms with Gasteiger partial charge in [0.15, 0.2) is 0 Å². The van der Waals surface area contributed by atoms with E-state index in [0.29, 0.717) is 0 Å². The summed E-state index contributed by atoms with van der Waals surface area (Å²) in [5.74, 6) is 0. The number of hydrogen-bond acceptors (Lipinski definition) is 1. The third-order valence-electron chi connectivity index (χ3n) is 5.09. The molecule has 1 saturated heterocycles. The van der Waals surface area contributed by atoms with Gasteiger partial charge in [0, 0.05) is 13.1 Å². The van der Waals surface area contributed by atoms with Crippen molar-refractivity contribution in [2.24, 2.45) is 0 Å². The third kappa shape index (κ3) is 4.41. The standard InChI is InChI=1S/C22H27N.C2H6/c1-4-8-20-17(5-2)11-12-18-9-6-7-10-21(18)22(20)19-13-15-23(3)16-14-19;1-2/h4-10H,2,11-16H2,1,3H3;1-2H3/b8-4-;. The topological polar surface area (TPSA) is 3.24 Å². The lowest BCUT2D eigenvalue weighted by atomic mass is 9.85. The van der Waals surface area contributed by atoms with Crippen molar-refractivity contribution in [3.05, 3.63) is 76.9 Å². The number of hydrogen-bond donors (Lipinski definition) is 0. The highest BCUT2D eigenvalue weighted by molar-refractivity contribution is 5.87. The summed E-state index contributed by atoms with van der Waals surface area (Å²) < 4.78 is 0. The minimum absolute atomic E-state index is 1.08. The van der Waals surface area contributed by atoms with Crippen LogP contribution in [-0.4, -0.2) is 25.0 Å². The van der Waals surface area contributed by atoms with E-state index in [-0.39, 0.29) is 0 Å². The van der Waals surface area contributed by atoms with Gasteiger partial charge >= 0.3 is 0 Å². The summed E-state index contributed by atoms with van der Waals surface area (Å²) in [7, 11) is 2.22. The monoisotopic (exact) mass is 335 g/mol. The van der Waals surface area contributed by atoms with Crippen LogP contribution in [0.4, 0.5) is 0 Å². The fraction of sp³-hybridized carbons (Fsp3) is 0.417. The molecule has 0 bridgehead atoms. The summed E-state index contributed by atoms with van der Waals surface area (Å²) >= 11 is 0. The van der Waals surface area contributed by atoms with Gasteiger partial charge in [0.05, 0.1) is 0 Å². The maximum atomic E-state index is 4.09. The number of nitrogens with zero attached hydrogens (tertiary/aromatic N) is 1. The SMILES string of the molecule is C=CC1=C(/C=C\C)C(=C2CCN(C)CC2)c2ccccc2CC1.CC. The zero-order valence-corrected chi connectivity index (χ0v) is 16.4. The molecule has 1 fully saturated rings. The Morgan fingerprint density at radius 1 is 1.00 bits per heavy atom. The van der Waals surface area contributed by atoms with Crippen molar-refractivity contribution in [3.63, 3.8) is 0 Å². The number of rotatable bonds is 2. The third-order valence-corrected chi connectivity index (χ3v) is 5.09. The largest absolute Gasteiger partial charge is 0.306 e. The van der Waals surface area contributed by atoms with Gasteiger partial charge in [-0.05, 0) is 67.5 Å². The van der Waals surface area contributed by atoms with E-state index in [9.17, 15) is 0 Å². The highest BCUT2D eigenvalue weighted by atomic mass is 15.1. The molecule has 0 amide bonds. The van der Waals surface area contributed by atoms with Crippen LogP contribution in [0.15, 0.2) is 65.8 Å². The molecule has 0 radical (unpaired) electrons. The van der Waals surface area contributed by atoms with Crippen LogP contribution in [0, 0.1) is 0 Å². The van der Waals surface area contributed by atoms with E-state index in [1.54, 1.807) is 5.57 Å². The molecule has 0 unspecified atom stereocenters. The number of allylic oxidation sites excluding steroid dienone is 6. The Balaban J connectivity index is 0.00000109. The molecule has 1 heterocycles. The lowest BCUT2D eigenvalue weighted by molar-refractivity contribution is 0.313. The molecule has 134 valence electrons. The van der Waals surface area contributed by atoms with Gasteiger partial charge in [0.25, 0.3) is 0 Å². The zero-order chi connectivity index (χ0) is 18.2. The molecule has 1 nitrogen and oxygen atoms in total. The van der Waals surface area contributed by atoms with Crippen molar-refractivity contribution in [1.29, 1.82) is 0 Å². The van der Waals surface area contributed by atoms with Crippen molar-refractivity contribution in [2.45, 2.75) is 46.5 Å². The van der Waals surface area contributed by atoms with Gasteiger partial charge < -0.3 is 4.90 Å². The Bertz CT molecular complexity index is 678. The Morgan fingerprint density at radius 3 is 2.32 bits per heavy atom. The van der Waals surface area contributed by atoms with E-state index < -0.39 is 0 Å². The van der Waals surface area contributed by atoms with Crippen molar-refractivity contribution in [1.82, 2.24) is 4.90 Å². The second-order valence-corrected chi connectivity index (χ2v) is 6.58. The second kappa shape index (κ2) is 9.58. The zero-order valence-electron chi connectivity index (χ0n) is 16.4. The molecule has 0 spiro atoms. The summed E-state index contributed by atoms with van der Waals surface area (Å²) in [6, 6.07) is 8.96. The first-order valence-corrected chi connectivity index (χ1v) is 9.72. The summed E-state index contributed by atoms with van der Waals surface area (Å²) in [6.07, 6.45) is 11.1. The minimum Gasteiger partial charge on any atom is -0.306 e. The highest BCUT2D eigenvalue weighted by Crippen LogP contribution is 2.39. The fourth-order valence-electron chi connectivity index (χ4n) is 3.78. The molecular formula is C24H33N. The Morgan fingerprint density at radius 2 is 1.68 bits per heavy atom. The second-order valence-electron chi connectivity index (χ2n) is 6.58. The molecule has 0 atom stereocenters. The minimum atomic E-state index is 1.08. The van der Waals surface area contributed by atoms with Gasteiger partial charge in [0.2, 0.25) is 0 Å². The number of fused-ring (bicyclic) bond motifs is 1. The predicted molar refractivity (Wildman–Crippen MR) is 112 cm³/mol. The average molecular weight is 336 g/mol. The number of likely N-dealkylation sites (tertiary alicyclic amines) is 1. The van der Waals surface area contributed by atoms with E-state index in [4.69, 9.17) is 0 Å². The van der Waals surface area contributed by atoms with Gasteiger partial charge in [-0.2, -0.15) is 0 Å². The van der Waals surface area contributed by atoms with Crippen LogP contribution in [0.5, 0.6) is 0 Å². The molecular weight excluding hydrogens is 302 g/mol. The molecule has 1 heteroatoms. The smallest absolute Gasteiger partial charge is 0.00160 e. The number of piperidine rings is 1. The fourth-order valence-corrected chi connectivity index (χ4v) is 3.78. The van der Waals surface area contributed by atoms with Crippen LogP contribution in [0.2, 0.25) is 0 Å². The average Bonchev–Trinajstić information content (AvgIpc) is 2.81. The molecule has 1 aromatic rings. The normalized spacial score (nSPS) is 18.6. The molecule has 0 saturated carbocycles. The van der Waals surface area contributed by atoms with Crippen molar-refractivity contribution < 1.29 is 0 Å². The highest BCUT2D eigenvalue weighted by Gasteiger charge is 2.22. The van der Waals surface area contributed by atoms with E-state index in [2.05, 4.69) is 67.9 Å². The maximum absolute atomic E-state index is 4.09. The van der Waals surface area contributed by atoms with Crippen LogP contribution in [0.25, 0.3) is 5.57 Å². The van der Waals surface area contributed by atoms with Crippen LogP contribution >= 0.6 is 0 Å². The van der Waals surface area contributed by atoms with E-state index in [1.165, 1.54) is 40.7 Å². The van der Waals surface area contributed by atoms with Crippen LogP contribution in [0.1, 0.15) is 51.2 Å². The number of aryl methyl sites for hydroxylation is 1. The van der Waals surface area contributed by atoms with Gasteiger partial charge in [-0.1, -0.05) is 68.5 Å². The van der Waals surface area contributed by atoms with Crippen molar-refractivity contribution in [3.8, 4) is 0 Å². The van der Waals surface area contributed by atoms with Crippen LogP contribution < -0.4 is 0 Å². The van der Waals surface area contributed by atoms with Gasteiger partial charge in [-0.15, -0.1) is 0 Å². The Hall–Kier alpha value is -1.86. The van der Waals surface area contributed by atoms with E-state index >= 15 is 0 Å². The van der Waals surface area contributed by atoms with Crippen LogP contribution in [-0.2, 0) is 6.42 Å². The van der Waals surface area contributed by atoms with Crippen molar-refractivity contribution in [2.75, 3.05) is 20.1 Å². The van der Waals surface area contributed by atoms with E-state index in [0.717, 1.165) is 25.9 Å². The maximum Gasteiger partial charge on any atom is 0.00160 e. The van der Waals surface area contributed by atoms with Gasteiger partial charge in [-0.3, -0.25) is 0 Å². The lowest BCUT2D eigenvalue weighted by Crippen LogP contribution is -2.27. The van der Waals surface area contributed by atoms with Crippen LogP contribution in [0.3, 0.4) is 0 Å². The van der Waals surface area contributed by atoms with Gasteiger partial charge in [0.1, 0.15) is 0 Å². The first-order chi connectivity index (χ1) is 12.2. The van der Waals surface area contributed by atoms with Crippen molar-refractivity contribution >= 4 is 5.57 Å². The Labute approximate surface area is 154 Å². The number of benzene rings is 1. The first-order valence-electron chi connectivity index (χ1n) is 9.72. The molecule has 1 aliphatic heterocycles. The van der Waals surface area contributed by atoms with Gasteiger partial charge in [-0.25, -0.2) is 0 Å². The summed E-state index contributed by atoms with van der Waals surface area (Å²) in [4.78, 5) is 2.43. The predicted octanol–water partition coefficient (Wildman–Crippen LogP) is 6.20. The lowest BCUT2D eigenvalue weighted by Gasteiger charge is -2.27. The summed E-state index contributed by atoms with van der Waals surface area (Å²) in [6.45, 7) is 12.5. The first kappa shape index (κ1) is 19.5. The Kier molecular flexibility index (Phi) is 7.46. The quantitative estimate of drug-likeness (QED) is 0.622. The summed E-state index contributed by atoms with van der Waals surface area (Å²) in [5.41, 5.74) is 8.81. The molecule has 3 rings (SSSR count). The molecule has 0 aromatic heterocycles. The molecule has 1 aliphatic carbocycles. The molecule has 25 heavy (non-hydrogen) atoms. The summed E-state index contributed by atoms with van der Waals surface area (Å²) in [5, 5.41) is 0. The van der Waals surface area contributed by atoms with E-state index in [1.807, 2.05) is 13.8 Å². The molecule has 2 aliphatic rings. The molecule has 0 N–H and O–H groups in total. The molecule has 1 aromatic carbocycles.